The van der Waals surface area contributed by atoms with E-state index in [4.69, 9.17) is 19.6 Å². The SMILES string of the molecule is Cc1cc(-c2cnn3c(NCC4CCOCC4)cc(OC4CCCCC4)nc23)ccc1C(=O)NC1CC1. The molecule has 2 aromatic heterocycles. The molecule has 3 aliphatic rings. The van der Waals surface area contributed by atoms with Crippen LogP contribution in [-0.2, 0) is 4.74 Å². The van der Waals surface area contributed by atoms with E-state index < -0.39 is 0 Å². The molecule has 1 aliphatic heterocycles. The average Bonchev–Trinajstić information content (AvgIpc) is 3.63. The van der Waals surface area contributed by atoms with Crippen molar-refractivity contribution in [1.82, 2.24) is 19.9 Å². The summed E-state index contributed by atoms with van der Waals surface area (Å²) >= 11 is 0. The Kier molecular flexibility index (Phi) is 7.00. The maximum Gasteiger partial charge on any atom is 0.251 e. The van der Waals surface area contributed by atoms with Crippen LogP contribution in [0, 0.1) is 12.8 Å². The van der Waals surface area contributed by atoms with Gasteiger partial charge in [-0.25, -0.2) is 0 Å². The minimum Gasteiger partial charge on any atom is -0.474 e. The maximum absolute atomic E-state index is 12.6. The number of anilines is 1. The highest BCUT2D eigenvalue weighted by molar-refractivity contribution is 5.97. The van der Waals surface area contributed by atoms with E-state index in [2.05, 4.69) is 16.7 Å². The second-order valence-corrected chi connectivity index (χ2v) is 10.9. The average molecular weight is 504 g/mol. The summed E-state index contributed by atoms with van der Waals surface area (Å²) in [6.07, 6.45) is 12.2. The summed E-state index contributed by atoms with van der Waals surface area (Å²) in [6, 6.07) is 8.30. The fourth-order valence-corrected chi connectivity index (χ4v) is 5.46. The molecular formula is C29H37N5O3. The van der Waals surface area contributed by atoms with Gasteiger partial charge in [0.2, 0.25) is 5.88 Å². The van der Waals surface area contributed by atoms with E-state index in [-0.39, 0.29) is 12.0 Å². The molecule has 0 atom stereocenters. The molecule has 0 unspecified atom stereocenters. The van der Waals surface area contributed by atoms with Crippen LogP contribution in [0.15, 0.2) is 30.5 Å². The highest BCUT2D eigenvalue weighted by atomic mass is 16.5. The summed E-state index contributed by atoms with van der Waals surface area (Å²) in [6.45, 7) is 4.51. The second-order valence-electron chi connectivity index (χ2n) is 10.9. The highest BCUT2D eigenvalue weighted by Crippen LogP contribution is 2.31. The molecule has 2 N–H and O–H groups in total. The summed E-state index contributed by atoms with van der Waals surface area (Å²) in [4.78, 5) is 17.6. The first-order chi connectivity index (χ1) is 18.1. The minimum atomic E-state index is 0.00677. The number of benzene rings is 1. The second kappa shape index (κ2) is 10.7. The van der Waals surface area contributed by atoms with Crippen molar-refractivity contribution in [1.29, 1.82) is 0 Å². The predicted octanol–water partition coefficient (Wildman–Crippen LogP) is 5.15. The molecule has 1 saturated heterocycles. The van der Waals surface area contributed by atoms with Gasteiger partial charge in [-0.2, -0.15) is 14.6 Å². The molecule has 3 aromatic rings. The molecule has 0 bridgehead atoms. The summed E-state index contributed by atoms with van der Waals surface area (Å²) in [5, 5.41) is 11.4. The Labute approximate surface area is 218 Å². The van der Waals surface area contributed by atoms with Gasteiger partial charge < -0.3 is 20.1 Å². The molecular weight excluding hydrogens is 466 g/mol. The molecule has 8 heteroatoms. The summed E-state index contributed by atoms with van der Waals surface area (Å²) in [5.41, 5.74) is 4.36. The van der Waals surface area contributed by atoms with E-state index >= 15 is 0 Å². The topological polar surface area (TPSA) is 89.8 Å². The fourth-order valence-electron chi connectivity index (χ4n) is 5.46. The Hall–Kier alpha value is -3.13. The van der Waals surface area contributed by atoms with Crippen LogP contribution in [0.3, 0.4) is 0 Å². The molecule has 0 radical (unpaired) electrons. The summed E-state index contributed by atoms with van der Waals surface area (Å²) in [7, 11) is 0. The lowest BCUT2D eigenvalue weighted by atomic mass is 9.98. The van der Waals surface area contributed by atoms with Crippen LogP contribution < -0.4 is 15.4 Å². The third-order valence-corrected chi connectivity index (χ3v) is 7.90. The monoisotopic (exact) mass is 503 g/mol. The van der Waals surface area contributed by atoms with E-state index in [0.29, 0.717) is 17.8 Å². The quantitative estimate of drug-likeness (QED) is 0.442. The van der Waals surface area contributed by atoms with Crippen LogP contribution in [0.25, 0.3) is 16.8 Å². The number of ether oxygens (including phenoxy) is 2. The zero-order valence-electron chi connectivity index (χ0n) is 21.7. The molecule has 1 aromatic carbocycles. The van der Waals surface area contributed by atoms with Gasteiger partial charge in [0.15, 0.2) is 5.65 Å². The van der Waals surface area contributed by atoms with Gasteiger partial charge in [-0.3, -0.25) is 4.79 Å². The van der Waals surface area contributed by atoms with Gasteiger partial charge >= 0.3 is 0 Å². The number of hydrogen-bond donors (Lipinski definition) is 2. The van der Waals surface area contributed by atoms with Crippen LogP contribution in [0.5, 0.6) is 5.88 Å². The highest BCUT2D eigenvalue weighted by Gasteiger charge is 2.25. The largest absolute Gasteiger partial charge is 0.474 e. The molecule has 8 nitrogen and oxygen atoms in total. The molecule has 37 heavy (non-hydrogen) atoms. The van der Waals surface area contributed by atoms with Crippen molar-refractivity contribution < 1.29 is 14.3 Å². The van der Waals surface area contributed by atoms with Crippen molar-refractivity contribution in [2.24, 2.45) is 5.92 Å². The molecule has 2 aliphatic carbocycles. The third-order valence-electron chi connectivity index (χ3n) is 7.90. The zero-order chi connectivity index (χ0) is 25.2. The number of fused-ring (bicyclic) bond motifs is 1. The fraction of sp³-hybridized carbons (Fsp3) is 0.552. The van der Waals surface area contributed by atoms with Crippen LogP contribution in [0.1, 0.15) is 73.7 Å². The van der Waals surface area contributed by atoms with Crippen molar-refractivity contribution in [2.75, 3.05) is 25.1 Å². The number of amides is 1. The third kappa shape index (κ3) is 5.59. The first-order valence-corrected chi connectivity index (χ1v) is 13.9. The summed E-state index contributed by atoms with van der Waals surface area (Å²) in [5.74, 6) is 2.12. The number of nitrogens with one attached hydrogen (secondary N) is 2. The van der Waals surface area contributed by atoms with E-state index in [0.717, 1.165) is 92.0 Å². The number of carbonyl (C=O) groups excluding carboxylic acids is 1. The minimum absolute atomic E-state index is 0.00677. The zero-order valence-corrected chi connectivity index (χ0v) is 21.7. The van der Waals surface area contributed by atoms with Gasteiger partial charge in [0.25, 0.3) is 5.91 Å². The number of aryl methyl sites for hydroxylation is 1. The Bertz CT molecular complexity index is 1260. The number of nitrogens with zero attached hydrogens (tertiary/aromatic N) is 3. The molecule has 1 amide bonds. The Morgan fingerprint density at radius 3 is 2.65 bits per heavy atom. The standard InChI is InChI=1S/C29H37N5O3/c1-19-15-21(7-10-24(19)29(35)32-22-8-9-22)25-18-31-34-26(30-17-20-11-13-36-14-12-20)16-27(33-28(25)34)37-23-5-3-2-4-6-23/h7,10,15-16,18,20,22-23,30H,2-6,8-9,11-14,17H2,1H3,(H,32,35). The smallest absolute Gasteiger partial charge is 0.251 e. The van der Waals surface area contributed by atoms with Gasteiger partial charge in [0.1, 0.15) is 11.9 Å². The molecule has 3 fully saturated rings. The number of aromatic nitrogens is 3. The van der Waals surface area contributed by atoms with Gasteiger partial charge in [-0.05, 0) is 81.4 Å². The van der Waals surface area contributed by atoms with Gasteiger partial charge in [0, 0.05) is 43.0 Å². The van der Waals surface area contributed by atoms with Crippen LogP contribution in [0.4, 0.5) is 5.82 Å². The Morgan fingerprint density at radius 2 is 1.89 bits per heavy atom. The predicted molar refractivity (Wildman–Crippen MR) is 143 cm³/mol. The summed E-state index contributed by atoms with van der Waals surface area (Å²) < 4.78 is 13.8. The van der Waals surface area contributed by atoms with Crippen molar-refractivity contribution >= 4 is 17.4 Å². The van der Waals surface area contributed by atoms with Crippen molar-refractivity contribution in [3.8, 4) is 17.0 Å². The van der Waals surface area contributed by atoms with E-state index in [1.807, 2.05) is 35.8 Å². The molecule has 0 spiro atoms. The Balaban J connectivity index is 1.31. The van der Waals surface area contributed by atoms with Crippen molar-refractivity contribution in [3.63, 3.8) is 0 Å². The lowest BCUT2D eigenvalue weighted by molar-refractivity contribution is 0.0699. The maximum atomic E-state index is 12.6. The normalized spacial score (nSPS) is 19.2. The van der Waals surface area contributed by atoms with Crippen LogP contribution in [-0.4, -0.2) is 52.4 Å². The number of hydrogen-bond acceptors (Lipinski definition) is 6. The number of rotatable bonds is 8. The van der Waals surface area contributed by atoms with E-state index in [1.54, 1.807) is 0 Å². The van der Waals surface area contributed by atoms with Crippen molar-refractivity contribution in [2.45, 2.75) is 76.9 Å². The van der Waals surface area contributed by atoms with Crippen LogP contribution in [0.2, 0.25) is 0 Å². The first-order valence-electron chi connectivity index (χ1n) is 13.9. The molecule has 6 rings (SSSR count). The lowest BCUT2D eigenvalue weighted by Gasteiger charge is -2.24. The lowest BCUT2D eigenvalue weighted by Crippen LogP contribution is -2.26. The Morgan fingerprint density at radius 1 is 1.08 bits per heavy atom. The molecule has 196 valence electrons. The first kappa shape index (κ1) is 24.2. The van der Waals surface area contributed by atoms with E-state index in [1.165, 1.54) is 19.3 Å². The van der Waals surface area contributed by atoms with Crippen LogP contribution >= 0.6 is 0 Å². The van der Waals surface area contributed by atoms with Gasteiger partial charge in [0.05, 0.1) is 6.20 Å². The number of carbonyl (C=O) groups is 1. The van der Waals surface area contributed by atoms with Gasteiger partial charge in [-0.15, -0.1) is 0 Å². The van der Waals surface area contributed by atoms with Crippen molar-refractivity contribution in [3.05, 3.63) is 41.6 Å². The van der Waals surface area contributed by atoms with Gasteiger partial charge in [-0.1, -0.05) is 18.6 Å². The molecule has 2 saturated carbocycles. The van der Waals surface area contributed by atoms with E-state index in [9.17, 15) is 4.79 Å². The molecule has 3 heterocycles.